The molecule has 0 bridgehead atoms. The predicted molar refractivity (Wildman–Crippen MR) is 127 cm³/mol. The Morgan fingerprint density at radius 2 is 1.71 bits per heavy atom. The minimum absolute atomic E-state index is 0.0834. The molecule has 0 aromatic heterocycles. The van der Waals surface area contributed by atoms with Gasteiger partial charge in [0.2, 0.25) is 6.79 Å². The summed E-state index contributed by atoms with van der Waals surface area (Å²) in [6.45, 7) is 1.41. The maximum atomic E-state index is 12.7. The molecule has 4 rings (SSSR count). The third kappa shape index (κ3) is 5.22. The van der Waals surface area contributed by atoms with E-state index in [9.17, 15) is 19.8 Å². The van der Waals surface area contributed by atoms with Gasteiger partial charge in [0.1, 0.15) is 11.5 Å². The van der Waals surface area contributed by atoms with Crippen LogP contribution in [0.5, 0.6) is 23.0 Å². The van der Waals surface area contributed by atoms with Crippen LogP contribution in [0.25, 0.3) is 5.57 Å². The maximum Gasteiger partial charge on any atom is 0.341 e. The summed E-state index contributed by atoms with van der Waals surface area (Å²) >= 11 is 0. The Bertz CT molecular complexity index is 1310. The van der Waals surface area contributed by atoms with Gasteiger partial charge in [-0.3, -0.25) is 0 Å². The lowest BCUT2D eigenvalue weighted by molar-refractivity contribution is -0.139. The molecule has 0 aliphatic carbocycles. The lowest BCUT2D eigenvalue weighted by Crippen LogP contribution is -2.13. The van der Waals surface area contributed by atoms with Crippen molar-refractivity contribution in [3.05, 3.63) is 88.5 Å². The highest BCUT2D eigenvalue weighted by molar-refractivity contribution is 6.02. The van der Waals surface area contributed by atoms with Gasteiger partial charge in [-0.25, -0.2) is 9.59 Å². The van der Waals surface area contributed by atoms with E-state index >= 15 is 0 Å². The van der Waals surface area contributed by atoms with Crippen molar-refractivity contribution in [1.82, 2.24) is 0 Å². The van der Waals surface area contributed by atoms with E-state index in [0.29, 0.717) is 33.9 Å². The number of aryl methyl sites for hydroxylation is 1. The first-order valence-corrected chi connectivity index (χ1v) is 10.8. The monoisotopic (exact) mass is 476 g/mol. The van der Waals surface area contributed by atoms with Crippen LogP contribution in [0.1, 0.15) is 22.3 Å². The van der Waals surface area contributed by atoms with Crippen LogP contribution >= 0.6 is 0 Å². The second-order valence-electron chi connectivity index (χ2n) is 7.88. The molecule has 0 unspecified atom stereocenters. The van der Waals surface area contributed by atoms with Crippen LogP contribution in [0.15, 0.2) is 66.2 Å². The molecule has 180 valence electrons. The normalized spacial score (nSPS) is 12.6. The van der Waals surface area contributed by atoms with Gasteiger partial charge in [-0.2, -0.15) is 0 Å². The number of ether oxygens (including phenoxy) is 4. The van der Waals surface area contributed by atoms with Crippen molar-refractivity contribution in [2.24, 2.45) is 0 Å². The summed E-state index contributed by atoms with van der Waals surface area (Å²) in [4.78, 5) is 23.9. The zero-order chi connectivity index (χ0) is 24.9. The Kier molecular flexibility index (Phi) is 6.91. The van der Waals surface area contributed by atoms with E-state index in [4.69, 9.17) is 18.9 Å². The fourth-order valence-electron chi connectivity index (χ4n) is 3.94. The van der Waals surface area contributed by atoms with Crippen molar-refractivity contribution >= 4 is 17.5 Å². The highest BCUT2D eigenvalue weighted by Gasteiger charge is 2.24. The molecule has 8 heteroatoms. The zero-order valence-electron chi connectivity index (χ0n) is 19.2. The quantitative estimate of drug-likeness (QED) is 0.439. The van der Waals surface area contributed by atoms with Crippen LogP contribution in [-0.2, 0) is 16.0 Å². The number of methoxy groups -OCH3 is 1. The number of hydrogen-bond donors (Lipinski definition) is 2. The predicted octanol–water partition coefficient (Wildman–Crippen LogP) is 4.32. The minimum Gasteiger partial charge on any atom is -0.497 e. The topological polar surface area (TPSA) is 112 Å². The Balaban J connectivity index is 1.93. The summed E-state index contributed by atoms with van der Waals surface area (Å²) in [7, 11) is 1.48. The number of carbonyl (C=O) groups is 2. The number of rotatable bonds is 9. The number of benzene rings is 3. The van der Waals surface area contributed by atoms with Crippen molar-refractivity contribution < 1.29 is 38.7 Å². The third-order valence-electron chi connectivity index (χ3n) is 5.60. The molecule has 1 aliphatic heterocycles. The van der Waals surface area contributed by atoms with Crippen LogP contribution in [0.4, 0.5) is 0 Å². The second-order valence-corrected chi connectivity index (χ2v) is 7.88. The largest absolute Gasteiger partial charge is 0.497 e. The van der Waals surface area contributed by atoms with Gasteiger partial charge in [-0.15, -0.1) is 0 Å². The lowest BCUT2D eigenvalue weighted by atomic mass is 9.87. The molecule has 1 aliphatic rings. The maximum absolute atomic E-state index is 12.7. The van der Waals surface area contributed by atoms with Gasteiger partial charge in [-0.1, -0.05) is 30.3 Å². The molecule has 3 aromatic carbocycles. The fourth-order valence-corrected chi connectivity index (χ4v) is 3.94. The van der Waals surface area contributed by atoms with E-state index in [1.807, 2.05) is 31.2 Å². The molecule has 8 nitrogen and oxygen atoms in total. The molecule has 0 saturated heterocycles. The molecule has 0 spiro atoms. The molecule has 0 amide bonds. The van der Waals surface area contributed by atoms with Crippen LogP contribution in [0.3, 0.4) is 0 Å². The van der Waals surface area contributed by atoms with Crippen LogP contribution < -0.4 is 18.9 Å². The molecule has 0 fully saturated rings. The summed E-state index contributed by atoms with van der Waals surface area (Å²) in [6, 6.07) is 17.6. The Morgan fingerprint density at radius 3 is 2.43 bits per heavy atom. The van der Waals surface area contributed by atoms with Crippen molar-refractivity contribution in [3.63, 3.8) is 0 Å². The van der Waals surface area contributed by atoms with Crippen molar-refractivity contribution in [2.75, 3.05) is 20.5 Å². The molecule has 35 heavy (non-hydrogen) atoms. The van der Waals surface area contributed by atoms with E-state index < -0.39 is 18.5 Å². The molecule has 0 saturated carbocycles. The van der Waals surface area contributed by atoms with E-state index in [2.05, 4.69) is 0 Å². The van der Waals surface area contributed by atoms with E-state index in [1.54, 1.807) is 36.4 Å². The highest BCUT2D eigenvalue weighted by atomic mass is 16.7. The summed E-state index contributed by atoms with van der Waals surface area (Å²) < 4.78 is 21.7. The number of hydrogen-bond acceptors (Lipinski definition) is 6. The summed E-state index contributed by atoms with van der Waals surface area (Å²) in [5.41, 5.74) is 3.25. The average molecular weight is 476 g/mol. The van der Waals surface area contributed by atoms with E-state index in [-0.39, 0.29) is 24.5 Å². The smallest absolute Gasteiger partial charge is 0.341 e. The van der Waals surface area contributed by atoms with Gasteiger partial charge in [0.05, 0.1) is 7.11 Å². The van der Waals surface area contributed by atoms with Crippen molar-refractivity contribution in [1.29, 1.82) is 0 Å². The Labute approximate surface area is 202 Å². The lowest BCUT2D eigenvalue weighted by Gasteiger charge is -2.19. The standard InChI is InChI=1S/C27H24O8/c1-16-5-3-4-6-19(16)26(20-9-8-18(32-2)13-23(20)33-14-25(28)29)21(27(30)31)11-17-7-10-22-24(12-17)35-15-34-22/h3-10,12-13H,11,14-15H2,1-2H3,(H,28,29)(H,30,31). The highest BCUT2D eigenvalue weighted by Crippen LogP contribution is 2.39. The first-order chi connectivity index (χ1) is 16.9. The molecule has 0 radical (unpaired) electrons. The summed E-state index contributed by atoms with van der Waals surface area (Å²) in [6.07, 6.45) is 0.0834. The van der Waals surface area contributed by atoms with E-state index in [1.165, 1.54) is 7.11 Å². The molecule has 0 atom stereocenters. The molecule has 2 N–H and O–H groups in total. The SMILES string of the molecule is COc1ccc(C(=C(Cc2ccc3c(c2)OCO3)C(=O)O)c2ccccc2C)c(OCC(=O)O)c1. The summed E-state index contributed by atoms with van der Waals surface area (Å²) in [5, 5.41) is 19.5. The average Bonchev–Trinajstić information content (AvgIpc) is 3.31. The van der Waals surface area contributed by atoms with Gasteiger partial charge in [0.15, 0.2) is 18.1 Å². The Hall–Kier alpha value is -4.46. The van der Waals surface area contributed by atoms with E-state index in [0.717, 1.165) is 11.1 Å². The Morgan fingerprint density at radius 1 is 0.943 bits per heavy atom. The molecular weight excluding hydrogens is 452 g/mol. The molecule has 1 heterocycles. The summed E-state index contributed by atoms with van der Waals surface area (Å²) in [5.74, 6) is -0.451. The van der Waals surface area contributed by atoms with Crippen LogP contribution in [0.2, 0.25) is 0 Å². The van der Waals surface area contributed by atoms with Gasteiger partial charge in [0.25, 0.3) is 0 Å². The first-order valence-electron chi connectivity index (χ1n) is 10.8. The number of carboxylic acid groups (broad SMARTS) is 2. The van der Waals surface area contributed by atoms with Crippen LogP contribution in [-0.4, -0.2) is 42.7 Å². The van der Waals surface area contributed by atoms with Gasteiger partial charge in [0, 0.05) is 29.2 Å². The first kappa shape index (κ1) is 23.7. The van der Waals surface area contributed by atoms with Gasteiger partial charge in [-0.05, 0) is 47.9 Å². The molecule has 3 aromatic rings. The molecular formula is C27H24O8. The van der Waals surface area contributed by atoms with Crippen molar-refractivity contribution in [3.8, 4) is 23.0 Å². The zero-order valence-corrected chi connectivity index (χ0v) is 19.2. The van der Waals surface area contributed by atoms with Crippen LogP contribution in [0, 0.1) is 6.92 Å². The number of carboxylic acids is 2. The minimum atomic E-state index is -1.15. The van der Waals surface area contributed by atoms with Crippen molar-refractivity contribution in [2.45, 2.75) is 13.3 Å². The van der Waals surface area contributed by atoms with Gasteiger partial charge < -0.3 is 29.2 Å². The second kappa shape index (κ2) is 10.2. The number of fused-ring (bicyclic) bond motifs is 1. The number of aliphatic carboxylic acids is 2. The van der Waals surface area contributed by atoms with Gasteiger partial charge >= 0.3 is 11.9 Å². The fraction of sp³-hybridized carbons (Fsp3) is 0.185. The third-order valence-corrected chi connectivity index (χ3v) is 5.60.